The van der Waals surface area contributed by atoms with Crippen LogP contribution in [0.1, 0.15) is 29.5 Å². The van der Waals surface area contributed by atoms with E-state index >= 15 is 0 Å². The van der Waals surface area contributed by atoms with Crippen LogP contribution >= 0.6 is 0 Å². The third-order valence-corrected chi connectivity index (χ3v) is 6.31. The normalized spacial score (nSPS) is 17.6. The molecule has 2 heterocycles. The van der Waals surface area contributed by atoms with Gasteiger partial charge in [-0.25, -0.2) is 4.79 Å². The van der Waals surface area contributed by atoms with E-state index in [1.54, 1.807) is 20.3 Å². The second kappa shape index (κ2) is 9.94. The average Bonchev–Trinajstić information content (AvgIpc) is 3.12. The predicted molar refractivity (Wildman–Crippen MR) is 122 cm³/mol. The van der Waals surface area contributed by atoms with Crippen molar-refractivity contribution < 1.29 is 23.9 Å². The largest absolute Gasteiger partial charge is 0.493 e. The first-order valence-corrected chi connectivity index (χ1v) is 11.2. The number of amides is 4. The van der Waals surface area contributed by atoms with Crippen LogP contribution in [0, 0.1) is 0 Å². The number of hydrogen-bond acceptors (Lipinski definition) is 5. The van der Waals surface area contributed by atoms with E-state index in [9.17, 15) is 14.4 Å². The summed E-state index contributed by atoms with van der Waals surface area (Å²) in [7, 11) is 3.13. The number of fused-ring (bicyclic) bond motifs is 1. The Morgan fingerprint density at radius 1 is 1.06 bits per heavy atom. The Kier molecular flexibility index (Phi) is 6.82. The SMILES string of the molecule is COc1ccc(CCN2C(=O)N[C@H](CCC(=O)N3CCc4ccccc4C3)C2=O)cc1OC. The van der Waals surface area contributed by atoms with Crippen LogP contribution in [0.3, 0.4) is 0 Å². The number of nitrogens with one attached hydrogen (secondary N) is 1. The molecule has 2 aliphatic heterocycles. The topological polar surface area (TPSA) is 88.2 Å². The fraction of sp³-hybridized carbons (Fsp3) is 0.400. The average molecular weight is 452 g/mol. The molecule has 2 aliphatic rings. The van der Waals surface area contributed by atoms with Crippen LogP contribution < -0.4 is 14.8 Å². The summed E-state index contributed by atoms with van der Waals surface area (Å²) in [5.41, 5.74) is 3.38. The van der Waals surface area contributed by atoms with Gasteiger partial charge in [-0.15, -0.1) is 0 Å². The molecule has 1 N–H and O–H groups in total. The summed E-state index contributed by atoms with van der Waals surface area (Å²) >= 11 is 0. The molecule has 1 atom stereocenters. The molecule has 33 heavy (non-hydrogen) atoms. The lowest BCUT2D eigenvalue weighted by Gasteiger charge is -2.29. The Morgan fingerprint density at radius 3 is 2.58 bits per heavy atom. The van der Waals surface area contributed by atoms with Crippen molar-refractivity contribution in [1.29, 1.82) is 0 Å². The van der Waals surface area contributed by atoms with Crippen molar-refractivity contribution in [3.05, 3.63) is 59.2 Å². The van der Waals surface area contributed by atoms with Crippen LogP contribution in [0.5, 0.6) is 11.5 Å². The van der Waals surface area contributed by atoms with Crippen molar-refractivity contribution in [3.8, 4) is 11.5 Å². The zero-order valence-electron chi connectivity index (χ0n) is 19.0. The fourth-order valence-corrected chi connectivity index (χ4v) is 4.40. The molecule has 0 spiro atoms. The van der Waals surface area contributed by atoms with Crippen LogP contribution in [0.25, 0.3) is 0 Å². The van der Waals surface area contributed by atoms with E-state index in [0.29, 0.717) is 37.4 Å². The van der Waals surface area contributed by atoms with Gasteiger partial charge in [0.25, 0.3) is 5.91 Å². The van der Waals surface area contributed by atoms with Crippen LogP contribution in [-0.2, 0) is 29.0 Å². The summed E-state index contributed by atoms with van der Waals surface area (Å²) in [5, 5.41) is 2.73. The van der Waals surface area contributed by atoms with E-state index < -0.39 is 12.1 Å². The Labute approximate surface area is 193 Å². The summed E-state index contributed by atoms with van der Waals surface area (Å²) in [6.07, 6.45) is 1.86. The fourth-order valence-electron chi connectivity index (χ4n) is 4.40. The van der Waals surface area contributed by atoms with Gasteiger partial charge in [0, 0.05) is 26.1 Å². The molecule has 4 rings (SSSR count). The zero-order valence-corrected chi connectivity index (χ0v) is 19.0. The minimum Gasteiger partial charge on any atom is -0.493 e. The molecule has 0 aliphatic carbocycles. The second-order valence-corrected chi connectivity index (χ2v) is 8.30. The van der Waals surface area contributed by atoms with E-state index in [4.69, 9.17) is 9.47 Å². The van der Waals surface area contributed by atoms with Crippen LogP contribution in [0.4, 0.5) is 4.79 Å². The summed E-state index contributed by atoms with van der Waals surface area (Å²) in [4.78, 5) is 40.9. The highest BCUT2D eigenvalue weighted by molar-refractivity contribution is 6.04. The minimum atomic E-state index is -0.663. The van der Waals surface area contributed by atoms with Crippen molar-refractivity contribution in [3.63, 3.8) is 0 Å². The highest BCUT2D eigenvalue weighted by Crippen LogP contribution is 2.28. The van der Waals surface area contributed by atoms with Crippen molar-refractivity contribution >= 4 is 17.8 Å². The van der Waals surface area contributed by atoms with E-state index in [0.717, 1.165) is 12.0 Å². The molecule has 0 radical (unpaired) electrons. The maximum atomic E-state index is 12.8. The zero-order chi connectivity index (χ0) is 23.4. The Hall–Kier alpha value is -3.55. The lowest BCUT2D eigenvalue weighted by molar-refractivity contribution is -0.132. The van der Waals surface area contributed by atoms with Gasteiger partial charge in [0.2, 0.25) is 5.91 Å². The van der Waals surface area contributed by atoms with Gasteiger partial charge in [-0.1, -0.05) is 30.3 Å². The number of hydrogen-bond donors (Lipinski definition) is 1. The van der Waals surface area contributed by atoms with Crippen LogP contribution in [0.15, 0.2) is 42.5 Å². The van der Waals surface area contributed by atoms with Gasteiger partial charge in [-0.3, -0.25) is 14.5 Å². The van der Waals surface area contributed by atoms with Crippen LogP contribution in [-0.4, -0.2) is 61.0 Å². The molecule has 0 saturated carbocycles. The molecular formula is C25H29N3O5. The van der Waals surface area contributed by atoms with E-state index in [2.05, 4.69) is 11.4 Å². The van der Waals surface area contributed by atoms with Gasteiger partial charge in [-0.2, -0.15) is 0 Å². The van der Waals surface area contributed by atoms with Gasteiger partial charge in [0.05, 0.1) is 14.2 Å². The Balaban J connectivity index is 1.29. The van der Waals surface area contributed by atoms with Crippen molar-refractivity contribution in [2.75, 3.05) is 27.3 Å². The highest BCUT2D eigenvalue weighted by atomic mass is 16.5. The standard InChI is InChI=1S/C25H29N3O5/c1-32-21-9-7-17(15-22(21)33-2)11-14-28-24(30)20(26-25(28)31)8-10-23(29)27-13-12-18-5-3-4-6-19(18)16-27/h3-7,9,15,20H,8,10-14,16H2,1-2H3,(H,26,31)/t20-/m1/s1. The van der Waals surface area contributed by atoms with Crippen molar-refractivity contribution in [2.45, 2.75) is 38.3 Å². The summed E-state index contributed by atoms with van der Waals surface area (Å²) in [6, 6.07) is 12.6. The first-order valence-electron chi connectivity index (χ1n) is 11.2. The molecule has 2 aromatic carbocycles. The number of methoxy groups -OCH3 is 2. The van der Waals surface area contributed by atoms with E-state index in [1.165, 1.54) is 16.0 Å². The maximum absolute atomic E-state index is 12.8. The molecule has 0 unspecified atom stereocenters. The lowest BCUT2D eigenvalue weighted by atomic mass is 9.99. The summed E-state index contributed by atoms with van der Waals surface area (Å²) in [6.45, 7) is 1.53. The summed E-state index contributed by atoms with van der Waals surface area (Å²) < 4.78 is 10.6. The van der Waals surface area contributed by atoms with Crippen molar-refractivity contribution in [2.24, 2.45) is 0 Å². The first-order chi connectivity index (χ1) is 16.0. The number of rotatable bonds is 8. The number of carbonyl (C=O) groups excluding carboxylic acids is 3. The minimum absolute atomic E-state index is 0.00956. The lowest BCUT2D eigenvalue weighted by Crippen LogP contribution is -2.37. The summed E-state index contributed by atoms with van der Waals surface area (Å²) in [5.74, 6) is 0.953. The van der Waals surface area contributed by atoms with Gasteiger partial charge in [0.1, 0.15) is 6.04 Å². The maximum Gasteiger partial charge on any atom is 0.324 e. The Bertz CT molecular complexity index is 1050. The number of benzene rings is 2. The number of nitrogens with zero attached hydrogens (tertiary/aromatic N) is 2. The van der Waals surface area contributed by atoms with Crippen LogP contribution in [0.2, 0.25) is 0 Å². The van der Waals surface area contributed by atoms with Gasteiger partial charge in [0.15, 0.2) is 11.5 Å². The molecule has 0 aromatic heterocycles. The van der Waals surface area contributed by atoms with Gasteiger partial charge >= 0.3 is 6.03 Å². The third-order valence-electron chi connectivity index (χ3n) is 6.31. The van der Waals surface area contributed by atoms with Gasteiger partial charge < -0.3 is 19.7 Å². The number of imide groups is 1. The molecule has 0 bridgehead atoms. The molecule has 8 heteroatoms. The molecule has 8 nitrogen and oxygen atoms in total. The number of carbonyl (C=O) groups is 3. The van der Waals surface area contributed by atoms with Crippen molar-refractivity contribution in [1.82, 2.24) is 15.1 Å². The third kappa shape index (κ3) is 4.94. The Morgan fingerprint density at radius 2 is 1.82 bits per heavy atom. The molecule has 4 amide bonds. The molecule has 1 saturated heterocycles. The molecule has 174 valence electrons. The molecule has 1 fully saturated rings. The van der Waals surface area contributed by atoms with E-state index in [1.807, 2.05) is 35.2 Å². The molecular weight excluding hydrogens is 422 g/mol. The monoisotopic (exact) mass is 451 g/mol. The number of ether oxygens (including phenoxy) is 2. The first kappa shape index (κ1) is 22.6. The molecule has 2 aromatic rings. The smallest absolute Gasteiger partial charge is 0.324 e. The number of urea groups is 1. The van der Waals surface area contributed by atoms with Gasteiger partial charge in [-0.05, 0) is 48.1 Å². The second-order valence-electron chi connectivity index (χ2n) is 8.30. The quantitative estimate of drug-likeness (QED) is 0.623. The highest BCUT2D eigenvalue weighted by Gasteiger charge is 2.37. The predicted octanol–water partition coefficient (Wildman–Crippen LogP) is 2.53. The van der Waals surface area contributed by atoms with E-state index in [-0.39, 0.29) is 24.8 Å².